The van der Waals surface area contributed by atoms with E-state index in [4.69, 9.17) is 19.2 Å². The van der Waals surface area contributed by atoms with Crippen LogP contribution in [0, 0.1) is 6.92 Å². The van der Waals surface area contributed by atoms with Gasteiger partial charge in [0.1, 0.15) is 26.5 Å². The molecule has 1 heterocycles. The minimum absolute atomic E-state index is 0.0512. The maximum Gasteiger partial charge on any atom is 0.360 e. The average Bonchev–Trinajstić information content (AvgIpc) is 2.78. The smallest absolute Gasteiger partial charge is 0.360 e. The highest BCUT2D eigenvalue weighted by Crippen LogP contribution is 2.18. The summed E-state index contributed by atoms with van der Waals surface area (Å²) in [4.78, 5) is 31.7. The number of carbonyl (C=O) groups is 1. The molecule has 2 aromatic rings. The average molecular weight is 426 g/mol. The van der Waals surface area contributed by atoms with Gasteiger partial charge in [-0.1, -0.05) is 33.7 Å². The molecule has 0 aliphatic heterocycles. The Kier molecular flexibility index (Phi) is 8.68. The molecule has 0 radical (unpaired) electrons. The summed E-state index contributed by atoms with van der Waals surface area (Å²) >= 11 is 0. The van der Waals surface area contributed by atoms with Crippen LogP contribution in [0.3, 0.4) is 0 Å². The fourth-order valence-corrected chi connectivity index (χ4v) is 2.78. The van der Waals surface area contributed by atoms with Crippen molar-refractivity contribution < 1.29 is 24.0 Å². The second kappa shape index (κ2) is 11.4. The summed E-state index contributed by atoms with van der Waals surface area (Å²) in [6.07, 6.45) is 1.67. The lowest BCUT2D eigenvalue weighted by Crippen LogP contribution is -2.20. The Morgan fingerprint density at radius 3 is 2.42 bits per heavy atom. The first-order chi connectivity index (χ1) is 14.9. The molecule has 0 aliphatic carbocycles. The van der Waals surface area contributed by atoms with Crippen LogP contribution in [0.25, 0.3) is 0 Å². The molecule has 1 aromatic carbocycles. The number of esters is 1. The van der Waals surface area contributed by atoms with Crippen molar-refractivity contribution in [3.8, 4) is 0 Å². The number of rotatable bonds is 9. The molecule has 0 atom stereocenters. The van der Waals surface area contributed by atoms with E-state index in [1.807, 2.05) is 38.1 Å². The topological polar surface area (TPSA) is 104 Å². The fraction of sp³-hybridized carbons (Fsp3) is 0.318. The van der Waals surface area contributed by atoms with Gasteiger partial charge >= 0.3 is 5.97 Å². The summed E-state index contributed by atoms with van der Waals surface area (Å²) in [5.41, 5.74) is 5.06. The first-order valence-corrected chi connectivity index (χ1v) is 9.42. The number of pyridine rings is 1. The van der Waals surface area contributed by atoms with Gasteiger partial charge < -0.3 is 19.2 Å². The first-order valence-electron chi connectivity index (χ1n) is 9.42. The van der Waals surface area contributed by atoms with Gasteiger partial charge in [0.15, 0.2) is 5.71 Å². The Morgan fingerprint density at radius 2 is 1.74 bits per heavy atom. The summed E-state index contributed by atoms with van der Waals surface area (Å²) in [5.74, 6) is -0.609. The van der Waals surface area contributed by atoms with Gasteiger partial charge in [-0.25, -0.2) is 4.79 Å². The van der Waals surface area contributed by atoms with E-state index in [1.165, 1.54) is 21.3 Å². The Bertz CT molecular complexity index is 1010. The van der Waals surface area contributed by atoms with Crippen molar-refractivity contribution in [3.05, 3.63) is 64.5 Å². The molecular formula is C22H26N4O5. The number of hydrogen-bond donors (Lipinski definition) is 0. The molecule has 0 bridgehead atoms. The third-order valence-corrected chi connectivity index (χ3v) is 4.41. The van der Waals surface area contributed by atoms with E-state index in [0.29, 0.717) is 17.0 Å². The number of ether oxygens (including phenoxy) is 1. The second-order valence-electron chi connectivity index (χ2n) is 6.45. The summed E-state index contributed by atoms with van der Waals surface area (Å²) < 4.78 is 4.82. The van der Waals surface area contributed by atoms with Crippen LogP contribution in [-0.2, 0) is 30.7 Å². The Morgan fingerprint density at radius 1 is 1.00 bits per heavy atom. The fourth-order valence-electron chi connectivity index (χ4n) is 2.78. The molecular weight excluding hydrogens is 400 g/mol. The number of oxime groups is 3. The zero-order valence-electron chi connectivity index (χ0n) is 18.5. The third kappa shape index (κ3) is 6.11. The lowest BCUT2D eigenvalue weighted by Gasteiger charge is -2.12. The van der Waals surface area contributed by atoms with E-state index in [2.05, 4.69) is 20.5 Å². The van der Waals surface area contributed by atoms with Crippen LogP contribution in [0.1, 0.15) is 41.8 Å². The second-order valence-corrected chi connectivity index (χ2v) is 6.45. The zero-order valence-corrected chi connectivity index (χ0v) is 18.5. The van der Waals surface area contributed by atoms with Crippen LogP contribution in [0.15, 0.2) is 52.0 Å². The van der Waals surface area contributed by atoms with Gasteiger partial charge in [-0.05, 0) is 38.5 Å². The lowest BCUT2D eigenvalue weighted by atomic mass is 9.99. The molecule has 0 N–H and O–H groups in total. The summed E-state index contributed by atoms with van der Waals surface area (Å²) in [5, 5.41) is 11.9. The number of aromatic nitrogens is 1. The van der Waals surface area contributed by atoms with E-state index in [0.717, 1.165) is 22.4 Å². The summed E-state index contributed by atoms with van der Waals surface area (Å²) in [6, 6.07) is 9.15. The molecule has 0 saturated carbocycles. The monoisotopic (exact) mass is 426 g/mol. The van der Waals surface area contributed by atoms with Crippen molar-refractivity contribution >= 4 is 23.1 Å². The van der Waals surface area contributed by atoms with Gasteiger partial charge in [0.2, 0.25) is 0 Å². The van der Waals surface area contributed by atoms with Crippen LogP contribution in [-0.4, -0.2) is 49.4 Å². The summed E-state index contributed by atoms with van der Waals surface area (Å²) in [7, 11) is 4.14. The quantitative estimate of drug-likeness (QED) is 0.346. The number of hydrogen-bond acceptors (Lipinski definition) is 9. The molecule has 0 fully saturated rings. The molecule has 164 valence electrons. The molecule has 9 nitrogen and oxygen atoms in total. The Hall–Kier alpha value is -3.75. The van der Waals surface area contributed by atoms with E-state index in [1.54, 1.807) is 19.2 Å². The van der Waals surface area contributed by atoms with Gasteiger partial charge in [0.05, 0.1) is 18.5 Å². The van der Waals surface area contributed by atoms with Crippen LogP contribution >= 0.6 is 0 Å². The van der Waals surface area contributed by atoms with Gasteiger partial charge in [-0.3, -0.25) is 4.98 Å². The van der Waals surface area contributed by atoms with Crippen molar-refractivity contribution in [1.29, 1.82) is 0 Å². The molecule has 0 amide bonds. The van der Waals surface area contributed by atoms with E-state index < -0.39 is 5.97 Å². The Labute approximate surface area is 181 Å². The van der Waals surface area contributed by atoms with E-state index in [9.17, 15) is 4.79 Å². The Balaban J connectivity index is 2.27. The molecule has 1 aromatic heterocycles. The number of nitrogens with zero attached hydrogens (tertiary/aromatic N) is 4. The SMILES string of the molecule is CO/N=C(\C)c1ccnc(/C(C)=N/OCc2c(C)cccc2/C(=N\OC)C(=O)OC)c1. The van der Waals surface area contributed by atoms with Crippen molar-refractivity contribution in [1.82, 2.24) is 4.98 Å². The number of methoxy groups -OCH3 is 1. The van der Waals surface area contributed by atoms with Gasteiger partial charge in [-0.2, -0.15) is 0 Å². The first kappa shape index (κ1) is 23.5. The lowest BCUT2D eigenvalue weighted by molar-refractivity contribution is -0.132. The molecule has 0 aliphatic rings. The van der Waals surface area contributed by atoms with Gasteiger partial charge in [0.25, 0.3) is 0 Å². The highest BCUT2D eigenvalue weighted by Gasteiger charge is 2.20. The number of aryl methyl sites for hydroxylation is 1. The molecule has 0 saturated heterocycles. The largest absolute Gasteiger partial charge is 0.464 e. The maximum absolute atomic E-state index is 12.1. The van der Waals surface area contributed by atoms with Crippen molar-refractivity contribution in [2.24, 2.45) is 15.5 Å². The van der Waals surface area contributed by atoms with Crippen molar-refractivity contribution in [2.75, 3.05) is 21.3 Å². The molecule has 31 heavy (non-hydrogen) atoms. The third-order valence-electron chi connectivity index (χ3n) is 4.41. The maximum atomic E-state index is 12.1. The highest BCUT2D eigenvalue weighted by molar-refractivity contribution is 6.43. The molecule has 2 rings (SSSR count). The van der Waals surface area contributed by atoms with Crippen LogP contribution < -0.4 is 0 Å². The normalized spacial score (nSPS) is 12.4. The van der Waals surface area contributed by atoms with Crippen molar-refractivity contribution in [3.63, 3.8) is 0 Å². The summed E-state index contributed by atoms with van der Waals surface area (Å²) in [6.45, 7) is 5.65. The minimum Gasteiger partial charge on any atom is -0.464 e. The van der Waals surface area contributed by atoms with Crippen LogP contribution in [0.4, 0.5) is 0 Å². The zero-order chi connectivity index (χ0) is 22.8. The van der Waals surface area contributed by atoms with Gasteiger partial charge in [0, 0.05) is 22.9 Å². The van der Waals surface area contributed by atoms with Crippen LogP contribution in [0.5, 0.6) is 0 Å². The van der Waals surface area contributed by atoms with Crippen LogP contribution in [0.2, 0.25) is 0 Å². The van der Waals surface area contributed by atoms with E-state index in [-0.39, 0.29) is 12.3 Å². The molecule has 9 heteroatoms. The van der Waals surface area contributed by atoms with Crippen molar-refractivity contribution in [2.45, 2.75) is 27.4 Å². The number of benzene rings is 1. The minimum atomic E-state index is -0.609. The predicted molar refractivity (Wildman–Crippen MR) is 117 cm³/mol. The van der Waals surface area contributed by atoms with Gasteiger partial charge in [-0.15, -0.1) is 0 Å². The predicted octanol–water partition coefficient (Wildman–Crippen LogP) is 3.22. The van der Waals surface area contributed by atoms with E-state index >= 15 is 0 Å². The molecule has 0 spiro atoms. The standard InChI is InChI=1S/C22H26N4O5/c1-14-8-7-9-18(21(26-30-6)22(27)28-4)19(14)13-31-25-16(3)20-12-17(10-11-23-20)15(2)24-29-5/h7-12H,13H2,1-6H3/b24-15+,25-16+,26-21+. The highest BCUT2D eigenvalue weighted by atomic mass is 16.6. The molecule has 0 unspecified atom stereocenters. The number of carbonyl (C=O) groups excluding carboxylic acids is 1.